The second-order valence-electron chi connectivity index (χ2n) is 7.60. The van der Waals surface area contributed by atoms with Gasteiger partial charge in [-0.25, -0.2) is 0 Å². The van der Waals surface area contributed by atoms with Crippen molar-refractivity contribution in [2.75, 3.05) is 37.9 Å². The van der Waals surface area contributed by atoms with Gasteiger partial charge in [0.15, 0.2) is 5.65 Å². The van der Waals surface area contributed by atoms with E-state index in [2.05, 4.69) is 39.5 Å². The van der Waals surface area contributed by atoms with E-state index in [-0.39, 0.29) is 17.9 Å². The average molecular weight is 445 g/mol. The van der Waals surface area contributed by atoms with Gasteiger partial charge in [0.05, 0.1) is 6.61 Å². The van der Waals surface area contributed by atoms with Crippen molar-refractivity contribution < 1.29 is 9.53 Å². The van der Waals surface area contributed by atoms with Crippen LogP contribution >= 0.6 is 11.6 Å². The fourth-order valence-electron chi connectivity index (χ4n) is 3.03. The van der Waals surface area contributed by atoms with Crippen molar-refractivity contribution in [2.45, 2.75) is 32.9 Å². The topological polar surface area (TPSA) is 83.8 Å². The number of amides is 1. The predicted molar refractivity (Wildman–Crippen MR) is 124 cm³/mol. The molecular weight excluding hydrogens is 416 g/mol. The third kappa shape index (κ3) is 6.16. The number of rotatable bonds is 10. The van der Waals surface area contributed by atoms with Gasteiger partial charge in [0.25, 0.3) is 5.91 Å². The maximum absolute atomic E-state index is 12.7. The first-order valence-electron chi connectivity index (χ1n) is 10.3. The van der Waals surface area contributed by atoms with E-state index in [4.69, 9.17) is 16.3 Å². The van der Waals surface area contributed by atoms with E-state index in [0.717, 1.165) is 30.9 Å². The Morgan fingerprint density at radius 3 is 2.71 bits per heavy atom. The van der Waals surface area contributed by atoms with Gasteiger partial charge in [-0.05, 0) is 44.2 Å². The minimum Gasteiger partial charge on any atom is -0.383 e. The minimum atomic E-state index is -0.266. The Hall–Kier alpha value is -2.68. The lowest BCUT2D eigenvalue weighted by Crippen LogP contribution is -2.22. The summed E-state index contributed by atoms with van der Waals surface area (Å²) in [6.45, 7) is 6.48. The molecule has 9 heteroatoms. The number of likely N-dealkylation sites (N-methyl/N-ethyl adjacent to an activating group) is 1. The van der Waals surface area contributed by atoms with E-state index >= 15 is 0 Å². The predicted octanol–water partition coefficient (Wildman–Crippen LogP) is 3.92. The van der Waals surface area contributed by atoms with Gasteiger partial charge < -0.3 is 10.1 Å². The van der Waals surface area contributed by atoms with Crippen LogP contribution in [0.3, 0.4) is 0 Å². The van der Waals surface area contributed by atoms with Gasteiger partial charge in [0, 0.05) is 42.9 Å². The fraction of sp³-hybridized carbons (Fsp3) is 0.409. The number of ether oxygens (including phenoxy) is 1. The number of carbonyl (C=O) groups excluding carboxylic acids is 1. The molecule has 0 fully saturated rings. The van der Waals surface area contributed by atoms with Crippen molar-refractivity contribution >= 4 is 34.9 Å². The quantitative estimate of drug-likeness (QED) is 0.493. The molecule has 1 aromatic carbocycles. The second kappa shape index (κ2) is 10.6. The molecule has 31 heavy (non-hydrogen) atoms. The van der Waals surface area contributed by atoms with Crippen LogP contribution in [0.5, 0.6) is 0 Å². The molecule has 166 valence electrons. The Balaban J connectivity index is 1.70. The highest BCUT2D eigenvalue weighted by Crippen LogP contribution is 2.21. The summed E-state index contributed by atoms with van der Waals surface area (Å²) in [5.41, 5.74) is 2.22. The first-order valence-corrected chi connectivity index (χ1v) is 10.7. The summed E-state index contributed by atoms with van der Waals surface area (Å²) in [7, 11) is 3.72. The number of nitrogens with zero attached hydrogens (tertiary/aromatic N) is 4. The highest BCUT2D eigenvalue weighted by Gasteiger charge is 2.14. The lowest BCUT2D eigenvalue weighted by Gasteiger charge is -2.16. The van der Waals surface area contributed by atoms with Crippen molar-refractivity contribution in [3.8, 4) is 0 Å². The van der Waals surface area contributed by atoms with Gasteiger partial charge in [-0.1, -0.05) is 30.7 Å². The van der Waals surface area contributed by atoms with Crippen molar-refractivity contribution in [1.29, 1.82) is 0 Å². The Morgan fingerprint density at radius 2 is 2.03 bits per heavy atom. The summed E-state index contributed by atoms with van der Waals surface area (Å²) in [5, 5.41) is 11.1. The van der Waals surface area contributed by atoms with E-state index in [9.17, 15) is 4.79 Å². The van der Waals surface area contributed by atoms with E-state index < -0.39 is 0 Å². The third-order valence-electron chi connectivity index (χ3n) is 4.98. The van der Waals surface area contributed by atoms with Crippen molar-refractivity contribution in [3.05, 3.63) is 52.5 Å². The molecule has 0 saturated heterocycles. The Bertz CT molecular complexity index is 1020. The number of fused-ring (bicyclic) bond motifs is 1. The zero-order valence-corrected chi connectivity index (χ0v) is 19.1. The highest BCUT2D eigenvalue weighted by atomic mass is 35.5. The SMILES string of the molecule is CCC(C)Nc1cc(Cl)cc2nc(NC(=O)c3ccc(CN(C)CCOC)cc3)nn12. The monoisotopic (exact) mass is 444 g/mol. The molecule has 1 atom stereocenters. The smallest absolute Gasteiger partial charge is 0.258 e. The molecule has 0 bridgehead atoms. The first kappa shape index (κ1) is 23.0. The number of anilines is 2. The maximum atomic E-state index is 12.7. The first-order chi connectivity index (χ1) is 14.9. The molecule has 2 aromatic heterocycles. The minimum absolute atomic E-state index is 0.225. The van der Waals surface area contributed by atoms with Crippen LogP contribution in [0.25, 0.3) is 5.65 Å². The number of methoxy groups -OCH3 is 1. The molecule has 3 rings (SSSR count). The Labute approximate surface area is 187 Å². The molecule has 0 aliphatic carbocycles. The van der Waals surface area contributed by atoms with Gasteiger partial charge in [0.2, 0.25) is 5.95 Å². The summed E-state index contributed by atoms with van der Waals surface area (Å²) in [6.07, 6.45) is 0.949. The van der Waals surface area contributed by atoms with Crippen LogP contribution in [0.2, 0.25) is 5.02 Å². The van der Waals surface area contributed by atoms with Crippen LogP contribution in [-0.2, 0) is 11.3 Å². The molecule has 2 N–H and O–H groups in total. The van der Waals surface area contributed by atoms with E-state index in [0.29, 0.717) is 22.8 Å². The van der Waals surface area contributed by atoms with E-state index in [1.807, 2.05) is 19.2 Å². The molecule has 0 aliphatic heterocycles. The zero-order valence-electron chi connectivity index (χ0n) is 18.4. The van der Waals surface area contributed by atoms with Gasteiger partial charge >= 0.3 is 0 Å². The van der Waals surface area contributed by atoms with E-state index in [1.165, 1.54) is 0 Å². The molecular formula is C22H29ClN6O2. The molecule has 2 heterocycles. The van der Waals surface area contributed by atoms with Gasteiger partial charge in [-0.2, -0.15) is 9.50 Å². The Kier molecular flexibility index (Phi) is 7.84. The summed E-state index contributed by atoms with van der Waals surface area (Å²) < 4.78 is 6.74. The van der Waals surface area contributed by atoms with Crippen LogP contribution in [0, 0.1) is 0 Å². The number of nitrogens with one attached hydrogen (secondary N) is 2. The molecule has 0 radical (unpaired) electrons. The normalized spacial score (nSPS) is 12.3. The number of hydrogen-bond acceptors (Lipinski definition) is 6. The van der Waals surface area contributed by atoms with Gasteiger partial charge in [-0.3, -0.25) is 15.0 Å². The lowest BCUT2D eigenvalue weighted by molar-refractivity contribution is 0.102. The van der Waals surface area contributed by atoms with Gasteiger partial charge in [-0.15, -0.1) is 5.10 Å². The highest BCUT2D eigenvalue weighted by molar-refractivity contribution is 6.31. The number of benzene rings is 1. The lowest BCUT2D eigenvalue weighted by atomic mass is 10.1. The molecule has 8 nitrogen and oxygen atoms in total. The largest absolute Gasteiger partial charge is 0.383 e. The third-order valence-corrected chi connectivity index (χ3v) is 5.20. The summed E-state index contributed by atoms with van der Waals surface area (Å²) in [6, 6.07) is 11.3. The van der Waals surface area contributed by atoms with Crippen LogP contribution in [-0.4, -0.2) is 58.8 Å². The number of halogens is 1. The second-order valence-corrected chi connectivity index (χ2v) is 8.04. The average Bonchev–Trinajstić information content (AvgIpc) is 3.14. The fourth-order valence-corrected chi connectivity index (χ4v) is 3.24. The summed E-state index contributed by atoms with van der Waals surface area (Å²) in [4.78, 5) is 19.2. The summed E-state index contributed by atoms with van der Waals surface area (Å²) in [5.74, 6) is 0.687. The standard InChI is InChI=1S/C22H29ClN6O2/c1-5-15(2)24-19-12-18(23)13-20-25-22(27-29(19)20)26-21(30)17-8-6-16(7-9-17)14-28(3)10-11-31-4/h6-9,12-13,15,24H,5,10-11,14H2,1-4H3,(H,26,27,30). The number of pyridine rings is 1. The van der Waals surface area contributed by atoms with Crippen LogP contribution in [0.1, 0.15) is 36.2 Å². The number of hydrogen-bond donors (Lipinski definition) is 2. The number of carbonyl (C=O) groups is 1. The van der Waals surface area contributed by atoms with Crippen molar-refractivity contribution in [3.63, 3.8) is 0 Å². The van der Waals surface area contributed by atoms with Crippen LogP contribution in [0.4, 0.5) is 11.8 Å². The van der Waals surface area contributed by atoms with Crippen LogP contribution in [0.15, 0.2) is 36.4 Å². The van der Waals surface area contributed by atoms with Crippen molar-refractivity contribution in [2.24, 2.45) is 0 Å². The number of aromatic nitrogens is 3. The van der Waals surface area contributed by atoms with Crippen LogP contribution < -0.4 is 10.6 Å². The zero-order chi connectivity index (χ0) is 22.4. The summed E-state index contributed by atoms with van der Waals surface area (Å²) >= 11 is 6.22. The van der Waals surface area contributed by atoms with Crippen molar-refractivity contribution in [1.82, 2.24) is 19.5 Å². The molecule has 0 spiro atoms. The van der Waals surface area contributed by atoms with Gasteiger partial charge in [0.1, 0.15) is 5.82 Å². The van der Waals surface area contributed by atoms with E-state index in [1.54, 1.807) is 35.9 Å². The maximum Gasteiger partial charge on any atom is 0.258 e. The molecule has 1 unspecified atom stereocenters. The molecule has 0 saturated carbocycles. The molecule has 1 amide bonds. The molecule has 3 aromatic rings. The molecule has 0 aliphatic rings. The Morgan fingerprint density at radius 1 is 1.29 bits per heavy atom.